The third-order valence-corrected chi connectivity index (χ3v) is 3.45. The number of nitrogens with zero attached hydrogens (tertiary/aromatic N) is 1. The molecule has 0 spiro atoms. The second-order valence-electron chi connectivity index (χ2n) is 5.13. The molecule has 1 aromatic rings. The highest BCUT2D eigenvalue weighted by atomic mass is 16.5. The van der Waals surface area contributed by atoms with Gasteiger partial charge in [0.25, 0.3) is 0 Å². The Bertz CT molecular complexity index is 545. The average molecular weight is 291 g/mol. The van der Waals surface area contributed by atoms with Gasteiger partial charge in [-0.2, -0.15) is 0 Å². The number of benzene rings is 1. The first-order valence-corrected chi connectivity index (χ1v) is 7.10. The van der Waals surface area contributed by atoms with E-state index in [2.05, 4.69) is 10.2 Å². The van der Waals surface area contributed by atoms with Gasteiger partial charge in [0.05, 0.1) is 17.9 Å². The van der Waals surface area contributed by atoms with Crippen LogP contribution in [0.1, 0.15) is 30.6 Å². The smallest absolute Gasteiger partial charge is 0.340 e. The van der Waals surface area contributed by atoms with Crippen LogP contribution in [0, 0.1) is 0 Å². The van der Waals surface area contributed by atoms with Crippen LogP contribution in [0.15, 0.2) is 18.2 Å². The summed E-state index contributed by atoms with van der Waals surface area (Å²) in [6.07, 6.45) is 0.853. The van der Waals surface area contributed by atoms with Crippen LogP contribution in [0.4, 0.5) is 11.4 Å². The van der Waals surface area contributed by atoms with Gasteiger partial charge in [0.1, 0.15) is 0 Å². The van der Waals surface area contributed by atoms with Gasteiger partial charge in [0.2, 0.25) is 5.91 Å². The molecule has 1 aliphatic heterocycles. The summed E-state index contributed by atoms with van der Waals surface area (Å²) in [7, 11) is 0. The number of hydrogen-bond donors (Lipinski definition) is 2. The van der Waals surface area contributed by atoms with Crippen molar-refractivity contribution in [3.05, 3.63) is 23.8 Å². The number of rotatable bonds is 4. The zero-order valence-electron chi connectivity index (χ0n) is 12.4. The first kappa shape index (κ1) is 15.2. The number of hydrogen-bond acceptors (Lipinski definition) is 5. The minimum absolute atomic E-state index is 0.0372. The Morgan fingerprint density at radius 2 is 2.24 bits per heavy atom. The van der Waals surface area contributed by atoms with Gasteiger partial charge in [-0.3, -0.25) is 4.79 Å². The number of nitrogens with one attached hydrogen (secondary N) is 1. The van der Waals surface area contributed by atoms with Crippen molar-refractivity contribution >= 4 is 23.3 Å². The van der Waals surface area contributed by atoms with Crippen LogP contribution in [-0.2, 0) is 9.53 Å². The lowest BCUT2D eigenvalue weighted by Gasteiger charge is -2.22. The average Bonchev–Trinajstić information content (AvgIpc) is 2.86. The summed E-state index contributed by atoms with van der Waals surface area (Å²) in [6.45, 7) is 5.06. The molecule has 6 nitrogen and oxygen atoms in total. The van der Waals surface area contributed by atoms with Crippen LogP contribution in [0.5, 0.6) is 0 Å². The fourth-order valence-corrected chi connectivity index (χ4v) is 2.59. The predicted molar refractivity (Wildman–Crippen MR) is 81.2 cm³/mol. The molecule has 1 amide bonds. The summed E-state index contributed by atoms with van der Waals surface area (Å²) in [4.78, 5) is 25.3. The van der Waals surface area contributed by atoms with E-state index in [1.807, 2.05) is 6.07 Å². The zero-order chi connectivity index (χ0) is 15.4. The summed E-state index contributed by atoms with van der Waals surface area (Å²) >= 11 is 0. The van der Waals surface area contributed by atoms with Gasteiger partial charge in [0.15, 0.2) is 0 Å². The highest BCUT2D eigenvalue weighted by Gasteiger charge is 2.26. The monoisotopic (exact) mass is 291 g/mol. The van der Waals surface area contributed by atoms with E-state index in [-0.39, 0.29) is 17.9 Å². The molecule has 0 radical (unpaired) electrons. The van der Waals surface area contributed by atoms with Crippen LogP contribution < -0.4 is 16.0 Å². The third-order valence-electron chi connectivity index (χ3n) is 3.45. The minimum Gasteiger partial charge on any atom is -0.462 e. The zero-order valence-corrected chi connectivity index (χ0v) is 12.4. The summed E-state index contributed by atoms with van der Waals surface area (Å²) in [6, 6.07) is 5.34. The number of nitrogen functional groups attached to an aromatic ring is 1. The van der Waals surface area contributed by atoms with Gasteiger partial charge in [-0.15, -0.1) is 0 Å². The molecule has 1 heterocycles. The Balaban J connectivity index is 2.20. The van der Waals surface area contributed by atoms with Crippen LogP contribution in [0.25, 0.3) is 0 Å². The Kier molecular flexibility index (Phi) is 4.67. The quantitative estimate of drug-likeness (QED) is 0.642. The summed E-state index contributed by atoms with van der Waals surface area (Å²) < 4.78 is 5.08. The van der Waals surface area contributed by atoms with Gasteiger partial charge in [-0.1, -0.05) is 0 Å². The van der Waals surface area contributed by atoms with E-state index in [0.717, 1.165) is 18.7 Å². The molecular formula is C15H21N3O3. The molecule has 0 bridgehead atoms. The predicted octanol–water partition coefficient (Wildman–Crippen LogP) is 1.16. The highest BCUT2D eigenvalue weighted by molar-refractivity contribution is 5.97. The highest BCUT2D eigenvalue weighted by Crippen LogP contribution is 2.27. The lowest BCUT2D eigenvalue weighted by Crippen LogP contribution is -2.35. The molecule has 1 saturated heterocycles. The molecular weight excluding hydrogens is 270 g/mol. The molecule has 6 heteroatoms. The third kappa shape index (κ3) is 3.65. The molecule has 2 rings (SSSR count). The molecule has 1 aromatic carbocycles. The molecule has 1 atom stereocenters. The topological polar surface area (TPSA) is 84.7 Å². The van der Waals surface area contributed by atoms with E-state index >= 15 is 0 Å². The van der Waals surface area contributed by atoms with Crippen molar-refractivity contribution in [3.63, 3.8) is 0 Å². The van der Waals surface area contributed by atoms with E-state index in [4.69, 9.17) is 10.5 Å². The van der Waals surface area contributed by atoms with Gasteiger partial charge in [0, 0.05) is 31.7 Å². The molecule has 0 saturated carbocycles. The van der Waals surface area contributed by atoms with Crippen LogP contribution in [-0.4, -0.2) is 37.6 Å². The number of carbonyl (C=O) groups is 2. The van der Waals surface area contributed by atoms with Crippen LogP contribution in [0.2, 0.25) is 0 Å². The fraction of sp³-hybridized carbons (Fsp3) is 0.467. The lowest BCUT2D eigenvalue weighted by atomic mass is 10.1. The van der Waals surface area contributed by atoms with E-state index in [1.54, 1.807) is 19.1 Å². The number of anilines is 2. The van der Waals surface area contributed by atoms with Crippen molar-refractivity contribution in [1.29, 1.82) is 0 Å². The van der Waals surface area contributed by atoms with E-state index in [9.17, 15) is 9.59 Å². The first-order chi connectivity index (χ1) is 10.0. The number of nitrogens with two attached hydrogens (primary N) is 1. The molecule has 1 fully saturated rings. The molecule has 21 heavy (non-hydrogen) atoms. The number of ether oxygens (including phenoxy) is 1. The van der Waals surface area contributed by atoms with Gasteiger partial charge >= 0.3 is 5.97 Å². The summed E-state index contributed by atoms with van der Waals surface area (Å²) in [5.74, 6) is -0.410. The Morgan fingerprint density at radius 1 is 1.48 bits per heavy atom. The standard InChI is InChI=1S/C15H21N3O3/c1-3-21-15(20)13-8-11(16)4-5-14(13)18-7-6-12(9-18)17-10(2)19/h4-5,8,12H,3,6-7,9,16H2,1-2H3,(H,17,19). The minimum atomic E-state index is -0.372. The van der Waals surface area contributed by atoms with E-state index in [1.165, 1.54) is 6.92 Å². The molecule has 0 aromatic heterocycles. The second kappa shape index (κ2) is 6.47. The number of carbonyl (C=O) groups excluding carboxylic acids is 2. The Labute approximate surface area is 124 Å². The van der Waals surface area contributed by atoms with Gasteiger partial charge in [-0.25, -0.2) is 4.79 Å². The SMILES string of the molecule is CCOC(=O)c1cc(N)ccc1N1CCC(NC(C)=O)C1. The summed E-state index contributed by atoms with van der Waals surface area (Å²) in [5, 5.41) is 2.91. The number of amides is 1. The molecule has 3 N–H and O–H groups in total. The Hall–Kier alpha value is -2.24. The van der Waals surface area contributed by atoms with Crippen LogP contribution >= 0.6 is 0 Å². The maximum atomic E-state index is 12.1. The van der Waals surface area contributed by atoms with Crippen molar-refractivity contribution in [2.75, 3.05) is 30.3 Å². The maximum absolute atomic E-state index is 12.1. The Morgan fingerprint density at radius 3 is 2.90 bits per heavy atom. The largest absolute Gasteiger partial charge is 0.462 e. The lowest BCUT2D eigenvalue weighted by molar-refractivity contribution is -0.119. The van der Waals surface area contributed by atoms with Crippen molar-refractivity contribution in [2.24, 2.45) is 0 Å². The van der Waals surface area contributed by atoms with Crippen molar-refractivity contribution in [1.82, 2.24) is 5.32 Å². The van der Waals surface area contributed by atoms with Crippen molar-refractivity contribution in [2.45, 2.75) is 26.3 Å². The molecule has 1 aliphatic rings. The summed E-state index contributed by atoms with van der Waals surface area (Å²) in [5.41, 5.74) is 7.57. The fourth-order valence-electron chi connectivity index (χ4n) is 2.59. The van der Waals surface area contributed by atoms with Crippen molar-refractivity contribution in [3.8, 4) is 0 Å². The second-order valence-corrected chi connectivity index (χ2v) is 5.13. The van der Waals surface area contributed by atoms with Crippen LogP contribution in [0.3, 0.4) is 0 Å². The van der Waals surface area contributed by atoms with E-state index in [0.29, 0.717) is 24.4 Å². The van der Waals surface area contributed by atoms with Crippen molar-refractivity contribution < 1.29 is 14.3 Å². The normalized spacial score (nSPS) is 17.6. The molecule has 1 unspecified atom stereocenters. The first-order valence-electron chi connectivity index (χ1n) is 7.10. The molecule has 114 valence electrons. The van der Waals surface area contributed by atoms with Gasteiger partial charge in [-0.05, 0) is 31.5 Å². The maximum Gasteiger partial charge on any atom is 0.340 e. The van der Waals surface area contributed by atoms with E-state index < -0.39 is 0 Å². The molecule has 0 aliphatic carbocycles. The number of esters is 1. The van der Waals surface area contributed by atoms with Gasteiger partial charge < -0.3 is 20.7 Å².